The summed E-state index contributed by atoms with van der Waals surface area (Å²) in [5.41, 5.74) is 5.19. The molecule has 0 bridgehead atoms. The molecule has 3 heteroatoms. The van der Waals surface area contributed by atoms with E-state index in [4.69, 9.17) is 0 Å². The van der Waals surface area contributed by atoms with Crippen LogP contribution in [0.4, 0.5) is 5.69 Å². The molecule has 1 aromatic rings. The van der Waals surface area contributed by atoms with Gasteiger partial charge in [0.25, 0.3) is 0 Å². The number of carbonyl (C=O) groups is 1. The first-order valence-corrected chi connectivity index (χ1v) is 8.50. The Morgan fingerprint density at radius 1 is 1.33 bits per heavy atom. The zero-order valence-electron chi connectivity index (χ0n) is 12.7. The van der Waals surface area contributed by atoms with Crippen molar-refractivity contribution in [3.63, 3.8) is 0 Å². The molecular weight excluding hydrogens is 278 g/mol. The first kappa shape index (κ1) is 14.5. The van der Waals surface area contributed by atoms with Crippen LogP contribution in [0.5, 0.6) is 0 Å². The third kappa shape index (κ3) is 2.67. The molecule has 0 atom stereocenters. The van der Waals surface area contributed by atoms with Crippen molar-refractivity contribution in [3.8, 4) is 0 Å². The van der Waals surface area contributed by atoms with Crippen molar-refractivity contribution in [2.24, 2.45) is 0 Å². The van der Waals surface area contributed by atoms with Crippen LogP contribution < -0.4 is 4.90 Å². The standard InChI is InChI=1S/C18H21NOS/c1-3-19-16-10-9-14-6-4-5-7-15(14)18(16)21-17(19)11-8-13(2)12-20/h8-12H,3-7H2,1-2H3/b13-8+,17-11+. The van der Waals surface area contributed by atoms with E-state index >= 15 is 0 Å². The van der Waals surface area contributed by atoms with Gasteiger partial charge in [0.2, 0.25) is 0 Å². The summed E-state index contributed by atoms with van der Waals surface area (Å²) < 4.78 is 0. The van der Waals surface area contributed by atoms with Crippen LogP contribution in [-0.4, -0.2) is 12.8 Å². The Hall–Kier alpha value is -1.48. The quantitative estimate of drug-likeness (QED) is 0.606. The molecule has 0 unspecified atom stereocenters. The molecule has 0 aromatic heterocycles. The average Bonchev–Trinajstić information content (AvgIpc) is 2.90. The number of fused-ring (bicyclic) bond motifs is 3. The molecule has 0 N–H and O–H groups in total. The van der Waals surface area contributed by atoms with Gasteiger partial charge >= 0.3 is 0 Å². The predicted molar refractivity (Wildman–Crippen MR) is 89.9 cm³/mol. The van der Waals surface area contributed by atoms with E-state index in [2.05, 4.69) is 30.0 Å². The number of aryl methyl sites for hydroxylation is 1. The van der Waals surface area contributed by atoms with Crippen LogP contribution >= 0.6 is 11.8 Å². The van der Waals surface area contributed by atoms with Gasteiger partial charge in [-0.3, -0.25) is 4.79 Å². The molecule has 1 aromatic carbocycles. The maximum absolute atomic E-state index is 10.8. The van der Waals surface area contributed by atoms with E-state index in [9.17, 15) is 4.79 Å². The number of aldehydes is 1. The minimum Gasteiger partial charge on any atom is -0.335 e. The van der Waals surface area contributed by atoms with Crippen LogP contribution in [0.25, 0.3) is 0 Å². The Bertz CT molecular complexity index is 630. The number of hydrogen-bond donors (Lipinski definition) is 0. The van der Waals surface area contributed by atoms with Crippen LogP contribution in [0, 0.1) is 0 Å². The Morgan fingerprint density at radius 2 is 2.14 bits per heavy atom. The van der Waals surface area contributed by atoms with Crippen molar-refractivity contribution >= 4 is 23.7 Å². The van der Waals surface area contributed by atoms with Gasteiger partial charge in [0.1, 0.15) is 6.29 Å². The average molecular weight is 299 g/mol. The van der Waals surface area contributed by atoms with Gasteiger partial charge < -0.3 is 4.90 Å². The second-order valence-corrected chi connectivity index (χ2v) is 6.67. The topological polar surface area (TPSA) is 20.3 Å². The van der Waals surface area contributed by atoms with Crippen molar-refractivity contribution in [2.45, 2.75) is 44.4 Å². The summed E-state index contributed by atoms with van der Waals surface area (Å²) >= 11 is 1.86. The molecule has 0 saturated carbocycles. The molecule has 2 aliphatic rings. The van der Waals surface area contributed by atoms with Gasteiger partial charge in [-0.2, -0.15) is 0 Å². The van der Waals surface area contributed by atoms with Crippen LogP contribution in [0.1, 0.15) is 37.8 Å². The lowest BCUT2D eigenvalue weighted by Crippen LogP contribution is -2.16. The summed E-state index contributed by atoms with van der Waals surface area (Å²) in [6.07, 6.45) is 9.95. The molecule has 0 saturated heterocycles. The van der Waals surface area contributed by atoms with E-state index in [0.29, 0.717) is 0 Å². The van der Waals surface area contributed by atoms with E-state index in [0.717, 1.165) is 18.4 Å². The molecular formula is C18H21NOS. The molecule has 0 fully saturated rings. The van der Waals surface area contributed by atoms with Crippen LogP contribution in [0.3, 0.4) is 0 Å². The highest BCUT2D eigenvalue weighted by molar-refractivity contribution is 8.03. The Morgan fingerprint density at radius 3 is 2.90 bits per heavy atom. The Balaban J connectivity index is 2.01. The lowest BCUT2D eigenvalue weighted by Gasteiger charge is -2.21. The first-order chi connectivity index (χ1) is 10.2. The maximum atomic E-state index is 10.8. The van der Waals surface area contributed by atoms with Gasteiger partial charge in [0.05, 0.1) is 10.7 Å². The first-order valence-electron chi connectivity index (χ1n) is 7.68. The van der Waals surface area contributed by atoms with Crippen molar-refractivity contribution < 1.29 is 4.79 Å². The number of carbonyl (C=O) groups excluding carboxylic acids is 1. The molecule has 2 nitrogen and oxygen atoms in total. The number of benzene rings is 1. The van der Waals surface area contributed by atoms with Crippen molar-refractivity contribution in [3.05, 3.63) is 46.0 Å². The van der Waals surface area contributed by atoms with Crippen molar-refractivity contribution in [1.29, 1.82) is 0 Å². The zero-order valence-corrected chi connectivity index (χ0v) is 13.5. The van der Waals surface area contributed by atoms with E-state index in [-0.39, 0.29) is 0 Å². The van der Waals surface area contributed by atoms with Gasteiger partial charge in [-0.15, -0.1) is 0 Å². The van der Waals surface area contributed by atoms with Gasteiger partial charge in [-0.05, 0) is 68.4 Å². The minimum absolute atomic E-state index is 0.761. The van der Waals surface area contributed by atoms with E-state index < -0.39 is 0 Å². The molecule has 3 rings (SSSR count). The minimum atomic E-state index is 0.761. The molecule has 0 amide bonds. The molecule has 0 radical (unpaired) electrons. The van der Waals surface area contributed by atoms with E-state index in [1.165, 1.54) is 46.9 Å². The largest absolute Gasteiger partial charge is 0.335 e. The predicted octanol–water partition coefficient (Wildman–Crippen LogP) is 4.48. The van der Waals surface area contributed by atoms with Gasteiger partial charge in [-0.1, -0.05) is 23.9 Å². The lowest BCUT2D eigenvalue weighted by molar-refractivity contribution is -0.104. The molecule has 1 aliphatic carbocycles. The molecule has 1 heterocycles. The zero-order chi connectivity index (χ0) is 14.8. The van der Waals surface area contributed by atoms with E-state index in [1.54, 1.807) is 5.56 Å². The Labute approximate surface area is 130 Å². The van der Waals surface area contributed by atoms with Crippen LogP contribution in [-0.2, 0) is 17.6 Å². The highest BCUT2D eigenvalue weighted by atomic mass is 32.2. The molecule has 0 spiro atoms. The third-order valence-electron chi connectivity index (χ3n) is 4.21. The molecule has 1 aliphatic heterocycles. The highest BCUT2D eigenvalue weighted by Crippen LogP contribution is 2.49. The summed E-state index contributed by atoms with van der Waals surface area (Å²) in [5.74, 6) is 0. The number of thioether (sulfide) groups is 1. The smallest absolute Gasteiger partial charge is 0.145 e. The summed E-state index contributed by atoms with van der Waals surface area (Å²) in [6, 6.07) is 4.58. The van der Waals surface area contributed by atoms with Crippen LogP contribution in [0.2, 0.25) is 0 Å². The van der Waals surface area contributed by atoms with E-state index in [1.807, 2.05) is 24.8 Å². The van der Waals surface area contributed by atoms with Crippen LogP contribution in [0.15, 0.2) is 39.8 Å². The monoisotopic (exact) mass is 299 g/mol. The molecule has 110 valence electrons. The summed E-state index contributed by atoms with van der Waals surface area (Å²) in [6.45, 7) is 4.98. The third-order valence-corrected chi connectivity index (χ3v) is 5.44. The molecule has 21 heavy (non-hydrogen) atoms. The number of anilines is 1. The highest BCUT2D eigenvalue weighted by Gasteiger charge is 2.28. The fourth-order valence-corrected chi connectivity index (χ4v) is 4.40. The summed E-state index contributed by atoms with van der Waals surface area (Å²) in [7, 11) is 0. The number of nitrogens with zero attached hydrogens (tertiary/aromatic N) is 1. The fourth-order valence-electron chi connectivity index (χ4n) is 3.08. The van der Waals surface area contributed by atoms with Gasteiger partial charge in [0.15, 0.2) is 0 Å². The fraction of sp³-hybridized carbons (Fsp3) is 0.389. The lowest BCUT2D eigenvalue weighted by atomic mass is 9.91. The van der Waals surface area contributed by atoms with Gasteiger partial charge in [-0.25, -0.2) is 0 Å². The normalized spacial score (nSPS) is 19.6. The second kappa shape index (κ2) is 6.10. The number of rotatable bonds is 3. The second-order valence-electron chi connectivity index (χ2n) is 5.64. The maximum Gasteiger partial charge on any atom is 0.145 e. The summed E-state index contributed by atoms with van der Waals surface area (Å²) in [4.78, 5) is 14.5. The van der Waals surface area contributed by atoms with Crippen molar-refractivity contribution in [2.75, 3.05) is 11.4 Å². The summed E-state index contributed by atoms with van der Waals surface area (Å²) in [5, 5.41) is 1.23. The van der Waals surface area contributed by atoms with Crippen molar-refractivity contribution in [1.82, 2.24) is 0 Å². The number of hydrogen-bond acceptors (Lipinski definition) is 3. The van der Waals surface area contributed by atoms with Gasteiger partial charge in [0, 0.05) is 11.4 Å². The number of allylic oxidation sites excluding steroid dienone is 3. The SMILES string of the molecule is CCN1/C(=C\C=C(/C)C=O)Sc2c1ccc1c2CCCC1. The Kier molecular flexibility index (Phi) is 4.20.